The molecule has 6 N–H and O–H groups in total. The molecule has 0 radical (unpaired) electrons. The van der Waals surface area contributed by atoms with Crippen molar-refractivity contribution < 1.29 is 71.0 Å². The molecule has 9 atom stereocenters. The Balaban J connectivity index is 1.43. The second-order valence-electron chi connectivity index (χ2n) is 16.7. The molecule has 0 amide bonds. The van der Waals surface area contributed by atoms with Gasteiger partial charge in [0.25, 0.3) is 0 Å². The highest BCUT2D eigenvalue weighted by Gasteiger charge is 2.46. The van der Waals surface area contributed by atoms with Crippen LogP contribution in [0.3, 0.4) is 0 Å². The number of carbonyl (C=O) groups excluding carboxylic acids is 2. The molecule has 2 aliphatic rings. The molecular weight excluding hydrogens is 912 g/mol. The average molecular weight is 986 g/mol. The van der Waals surface area contributed by atoms with Crippen LogP contribution in [-0.2, 0) is 51.0 Å². The molecule has 3 rings (SSSR count). The lowest BCUT2D eigenvalue weighted by atomic mass is 10.0. The first kappa shape index (κ1) is 57.7. The number of phosphoric ester groups is 2. The minimum absolute atomic E-state index is 0.0807. The van der Waals surface area contributed by atoms with Crippen LogP contribution in [0, 0.1) is 5.92 Å². The topological polar surface area (TPSA) is 278 Å². The molecule has 2 fully saturated rings. The summed E-state index contributed by atoms with van der Waals surface area (Å²) in [5.41, 5.74) is 4.57. The lowest BCUT2D eigenvalue weighted by Crippen LogP contribution is -2.36. The molecule has 0 aromatic carbocycles. The molecule has 21 heteroatoms. The number of hydrogen-bond donors (Lipinski definition) is 5. The number of unbranched alkanes of at least 4 members (excludes halogenated alkanes) is 5. The zero-order chi connectivity index (χ0) is 49.1. The summed E-state index contributed by atoms with van der Waals surface area (Å²) in [7, 11) is -10.9. The second kappa shape index (κ2) is 31.5. The number of allylic oxidation sites excluding steroid dienone is 8. The monoisotopic (exact) mass is 985 g/mol. The molecule has 0 spiro atoms. The summed E-state index contributed by atoms with van der Waals surface area (Å²) in [5.74, 6) is -0.751. The normalized spacial score (nSPS) is 23.2. The number of aliphatic hydroxyl groups is 2. The number of carbonyl (C=O) groups is 2. The minimum Gasteiger partial charge on any atom is -0.462 e. The quantitative estimate of drug-likeness (QED) is 0.0144. The Morgan fingerprint density at radius 2 is 1.37 bits per heavy atom. The van der Waals surface area contributed by atoms with Gasteiger partial charge in [-0.1, -0.05) is 120 Å². The number of esters is 2. The van der Waals surface area contributed by atoms with Gasteiger partial charge < -0.3 is 44.7 Å². The van der Waals surface area contributed by atoms with Gasteiger partial charge in [-0.15, -0.1) is 0 Å². The predicted molar refractivity (Wildman–Crippen MR) is 251 cm³/mol. The van der Waals surface area contributed by atoms with Gasteiger partial charge in [-0.25, -0.2) is 13.9 Å². The molecule has 378 valence electrons. The van der Waals surface area contributed by atoms with E-state index in [-0.39, 0.29) is 18.7 Å². The van der Waals surface area contributed by atoms with Crippen molar-refractivity contribution in [3.63, 3.8) is 0 Å². The van der Waals surface area contributed by atoms with E-state index in [0.717, 1.165) is 75.0 Å². The van der Waals surface area contributed by atoms with Crippen LogP contribution < -0.4 is 11.4 Å². The van der Waals surface area contributed by atoms with Crippen molar-refractivity contribution in [1.82, 2.24) is 9.55 Å². The summed E-state index contributed by atoms with van der Waals surface area (Å²) in [5, 5.41) is 20.9. The molecule has 2 aliphatic heterocycles. The Morgan fingerprint density at radius 3 is 2.01 bits per heavy atom. The zero-order valence-corrected chi connectivity index (χ0v) is 40.8. The molecule has 4 unspecified atom stereocenters. The van der Waals surface area contributed by atoms with Crippen LogP contribution in [0.25, 0.3) is 0 Å². The molecule has 1 aromatic heterocycles. The first-order chi connectivity index (χ1) is 32.0. The number of aromatic nitrogens is 2. The average Bonchev–Trinajstić information content (AvgIpc) is 3.96. The highest BCUT2D eigenvalue weighted by atomic mass is 31.3. The van der Waals surface area contributed by atoms with Crippen molar-refractivity contribution in [2.24, 2.45) is 5.92 Å². The summed E-state index contributed by atoms with van der Waals surface area (Å²) >= 11 is 0. The van der Waals surface area contributed by atoms with E-state index in [1.807, 2.05) is 18.2 Å². The zero-order valence-electron chi connectivity index (χ0n) is 39.0. The van der Waals surface area contributed by atoms with Crippen LogP contribution in [0.1, 0.15) is 130 Å². The van der Waals surface area contributed by atoms with Crippen LogP contribution in [0.15, 0.2) is 77.8 Å². The Kier molecular flexibility index (Phi) is 27.2. The van der Waals surface area contributed by atoms with E-state index in [9.17, 15) is 43.5 Å². The number of rotatable bonds is 35. The van der Waals surface area contributed by atoms with Gasteiger partial charge in [0, 0.05) is 19.0 Å². The Labute approximate surface area is 394 Å². The molecule has 3 heterocycles. The number of nitrogens with zero attached hydrogens (tertiary/aromatic N) is 2. The summed E-state index contributed by atoms with van der Waals surface area (Å²) in [6.07, 6.45) is 27.1. The van der Waals surface area contributed by atoms with Crippen LogP contribution in [0.2, 0.25) is 0 Å². The fraction of sp³-hybridized carbons (Fsp3) is 0.652. The van der Waals surface area contributed by atoms with Crippen LogP contribution >= 0.6 is 15.6 Å². The molecule has 1 aromatic rings. The van der Waals surface area contributed by atoms with Crippen molar-refractivity contribution >= 4 is 33.4 Å². The van der Waals surface area contributed by atoms with Gasteiger partial charge >= 0.3 is 33.3 Å². The Morgan fingerprint density at radius 1 is 0.776 bits per heavy atom. The van der Waals surface area contributed by atoms with Gasteiger partial charge in [0.1, 0.15) is 30.7 Å². The van der Waals surface area contributed by atoms with Gasteiger partial charge in [-0.2, -0.15) is 9.29 Å². The second-order valence-corrected chi connectivity index (χ2v) is 19.8. The Bertz CT molecular complexity index is 1940. The van der Waals surface area contributed by atoms with E-state index in [1.165, 1.54) is 12.5 Å². The third-order valence-electron chi connectivity index (χ3n) is 10.5. The molecular formula is C46H73N3O16P2. The third-order valence-corrected chi connectivity index (χ3v) is 13.1. The number of epoxide rings is 1. The minimum atomic E-state index is -5.44. The number of ether oxygens (including phenoxy) is 4. The largest absolute Gasteiger partial charge is 0.481 e. The maximum atomic E-state index is 12.8. The smallest absolute Gasteiger partial charge is 0.462 e. The lowest BCUT2D eigenvalue weighted by Gasteiger charge is -2.21. The van der Waals surface area contributed by atoms with Crippen LogP contribution in [-0.4, -0.2) is 97.9 Å². The fourth-order valence-electron chi connectivity index (χ4n) is 6.74. The van der Waals surface area contributed by atoms with Gasteiger partial charge in [-0.05, 0) is 63.4 Å². The van der Waals surface area contributed by atoms with Gasteiger partial charge in [0.2, 0.25) is 0 Å². The SMILES string of the molecule is CC/C=C\CC1OC1C/C=C\C/C=C\C/C=C\C/C=C\CCC(=O)O[C@H](COC(=O)CCCCCCCCC(C)C)COP(=O)(O)OP(=O)(O)OC[C@H]1O[C@@H](n2ccc(N)nc2=O)[C@H](O)[C@@H]1O. The summed E-state index contributed by atoms with van der Waals surface area (Å²) < 4.78 is 62.1. The first-order valence-electron chi connectivity index (χ1n) is 23.3. The predicted octanol–water partition coefficient (Wildman–Crippen LogP) is 7.62. The Hall–Kier alpha value is -3.58. The van der Waals surface area contributed by atoms with Gasteiger partial charge in [0.15, 0.2) is 12.3 Å². The maximum absolute atomic E-state index is 12.8. The van der Waals surface area contributed by atoms with E-state index >= 15 is 0 Å². The summed E-state index contributed by atoms with van der Waals surface area (Å²) in [6.45, 7) is 4.12. The third kappa shape index (κ3) is 25.0. The molecule has 19 nitrogen and oxygen atoms in total. The van der Waals surface area contributed by atoms with Crippen molar-refractivity contribution in [2.75, 3.05) is 25.6 Å². The highest BCUT2D eigenvalue weighted by Crippen LogP contribution is 2.60. The first-order valence-corrected chi connectivity index (χ1v) is 26.3. The van der Waals surface area contributed by atoms with Crippen LogP contribution in [0.5, 0.6) is 0 Å². The fourth-order valence-corrected chi connectivity index (χ4v) is 8.85. The molecule has 0 saturated carbocycles. The summed E-state index contributed by atoms with van der Waals surface area (Å²) in [6, 6.07) is 1.24. The number of phosphoric acid groups is 2. The van der Waals surface area contributed by atoms with E-state index < -0.39 is 83.7 Å². The standard InChI is InChI=1S/C46H73N3O16P2/c1-4-5-20-26-37-38(63-37)27-22-17-12-10-8-6-7-9-11-13-19-24-29-42(51)62-36(32-59-41(50)28-23-18-15-14-16-21-25-35(2)3)33-60-66(55,56)65-67(57,58)61-34-39-43(52)44(53)45(64-39)49-31-30-40(47)48-46(49)54/h5,7-10,13,17,19-20,22,30-31,35-39,43-45,52-53H,4,6,11-12,14-16,18,21,23-29,32-34H2,1-3H3,(H,55,56)(H,57,58)(H2,47,48,54)/b9-7-,10-8-,19-13-,20-5-,22-17-/t36-,37?,38?,39-,43-,44-,45-/m1/s1. The number of anilines is 1. The number of nitrogens with two attached hydrogens (primary N) is 1. The number of aliphatic hydroxyl groups excluding tert-OH is 2. The lowest BCUT2D eigenvalue weighted by molar-refractivity contribution is -0.161. The maximum Gasteiger partial charge on any atom is 0.481 e. The van der Waals surface area contributed by atoms with Gasteiger partial charge in [0.05, 0.1) is 25.4 Å². The van der Waals surface area contributed by atoms with Crippen LogP contribution in [0.4, 0.5) is 5.82 Å². The highest BCUT2D eigenvalue weighted by molar-refractivity contribution is 7.61. The van der Waals surface area contributed by atoms with E-state index in [2.05, 4.69) is 66.5 Å². The van der Waals surface area contributed by atoms with Crippen molar-refractivity contribution in [2.45, 2.75) is 166 Å². The van der Waals surface area contributed by atoms with Crippen molar-refractivity contribution in [3.05, 3.63) is 83.5 Å². The number of hydrogen-bond acceptors (Lipinski definition) is 16. The van der Waals surface area contributed by atoms with Crippen molar-refractivity contribution in [3.8, 4) is 0 Å². The van der Waals surface area contributed by atoms with E-state index in [1.54, 1.807) is 6.08 Å². The van der Waals surface area contributed by atoms with Crippen molar-refractivity contribution in [1.29, 1.82) is 0 Å². The number of nitrogen functional groups attached to an aromatic ring is 1. The molecule has 2 saturated heterocycles. The summed E-state index contributed by atoms with van der Waals surface area (Å²) in [4.78, 5) is 61.6. The molecule has 0 aliphatic carbocycles. The van der Waals surface area contributed by atoms with Gasteiger partial charge in [-0.3, -0.25) is 23.2 Å². The van der Waals surface area contributed by atoms with E-state index in [0.29, 0.717) is 37.4 Å². The van der Waals surface area contributed by atoms with E-state index in [4.69, 9.17) is 33.7 Å². The molecule has 0 bridgehead atoms. The molecule has 67 heavy (non-hydrogen) atoms.